The lowest BCUT2D eigenvalue weighted by atomic mass is 10.6. The van der Waals surface area contributed by atoms with Crippen LogP contribution >= 0.6 is 22.6 Å². The lowest BCUT2D eigenvalue weighted by Crippen LogP contribution is -2.21. The van der Waals surface area contributed by atoms with Crippen molar-refractivity contribution < 1.29 is 9.53 Å². The van der Waals surface area contributed by atoms with Gasteiger partial charge in [0.2, 0.25) is 0 Å². The van der Waals surface area contributed by atoms with Gasteiger partial charge in [-0.25, -0.2) is 4.79 Å². The second-order valence-corrected chi connectivity index (χ2v) is 10.7. The lowest BCUT2D eigenvalue weighted by Gasteiger charge is -2.14. The molecule has 4 heteroatoms. The maximum absolute atomic E-state index is 11.0. The van der Waals surface area contributed by atoms with Crippen molar-refractivity contribution in [2.45, 2.75) is 26.6 Å². The van der Waals surface area contributed by atoms with Gasteiger partial charge in [-0.05, 0) is 10.1 Å². The first-order valence-corrected chi connectivity index (χ1v) is 8.50. The highest BCUT2D eigenvalue weighted by atomic mass is 127. The highest BCUT2D eigenvalue weighted by Crippen LogP contribution is 2.20. The quantitative estimate of drug-likeness (QED) is 0.347. The van der Waals surface area contributed by atoms with Crippen LogP contribution in [-0.2, 0) is 9.53 Å². The minimum Gasteiger partial charge on any atom is -0.463 e. The third-order valence-corrected chi connectivity index (χ3v) is 7.99. The van der Waals surface area contributed by atoms with Gasteiger partial charge in [-0.15, -0.1) is 0 Å². The standard InChI is InChI=1S/C8H15IO2Si/c1-5-11-8(10)6-7(9)12(2,3)4/h6H,5H2,1-4H3/b7-6+. The minimum atomic E-state index is -1.31. The molecule has 0 aromatic carbocycles. The zero-order valence-electron chi connectivity index (χ0n) is 7.98. The number of hydrogen-bond donors (Lipinski definition) is 0. The van der Waals surface area contributed by atoms with Crippen LogP contribution in [0, 0.1) is 0 Å². The Hall–Kier alpha value is 0.157. The third-order valence-electron chi connectivity index (χ3n) is 1.25. The summed E-state index contributed by atoms with van der Waals surface area (Å²) in [6.45, 7) is 8.86. The molecule has 0 bridgehead atoms. The number of carbonyl (C=O) groups is 1. The van der Waals surface area contributed by atoms with E-state index in [1.807, 2.05) is 6.92 Å². The van der Waals surface area contributed by atoms with E-state index in [2.05, 4.69) is 42.2 Å². The minimum absolute atomic E-state index is 0.218. The third kappa shape index (κ3) is 4.92. The molecule has 0 aromatic heterocycles. The van der Waals surface area contributed by atoms with Gasteiger partial charge in [0.15, 0.2) is 0 Å². The van der Waals surface area contributed by atoms with Crippen molar-refractivity contribution in [3.63, 3.8) is 0 Å². The molecule has 0 unspecified atom stereocenters. The van der Waals surface area contributed by atoms with Crippen LogP contribution in [-0.4, -0.2) is 20.7 Å². The molecule has 0 aromatic rings. The van der Waals surface area contributed by atoms with E-state index < -0.39 is 8.07 Å². The molecule has 0 fully saturated rings. The van der Waals surface area contributed by atoms with Gasteiger partial charge < -0.3 is 4.74 Å². The van der Waals surface area contributed by atoms with Crippen molar-refractivity contribution in [1.29, 1.82) is 0 Å². The van der Waals surface area contributed by atoms with E-state index in [0.29, 0.717) is 6.61 Å². The molecule has 0 aliphatic rings. The van der Waals surface area contributed by atoms with Crippen molar-refractivity contribution in [3.8, 4) is 0 Å². The van der Waals surface area contributed by atoms with E-state index >= 15 is 0 Å². The average Bonchev–Trinajstić information content (AvgIpc) is 1.85. The average molecular weight is 298 g/mol. The SMILES string of the molecule is CCOC(=O)/C=C(\I)[Si](C)(C)C. The van der Waals surface area contributed by atoms with Crippen molar-refractivity contribution in [3.05, 3.63) is 9.28 Å². The molecule has 0 radical (unpaired) electrons. The van der Waals surface area contributed by atoms with Gasteiger partial charge in [0.05, 0.1) is 14.7 Å². The zero-order valence-corrected chi connectivity index (χ0v) is 11.1. The van der Waals surface area contributed by atoms with Gasteiger partial charge in [0.1, 0.15) is 0 Å². The van der Waals surface area contributed by atoms with E-state index in [1.165, 1.54) is 0 Å². The maximum Gasteiger partial charge on any atom is 0.331 e. The van der Waals surface area contributed by atoms with E-state index in [9.17, 15) is 4.79 Å². The molecule has 70 valence electrons. The summed E-state index contributed by atoms with van der Waals surface area (Å²) < 4.78 is 5.96. The summed E-state index contributed by atoms with van der Waals surface area (Å²) in [7, 11) is -1.31. The highest BCUT2D eigenvalue weighted by Gasteiger charge is 2.18. The number of esters is 1. The van der Waals surface area contributed by atoms with Crippen molar-refractivity contribution in [2.24, 2.45) is 0 Å². The molecule has 0 heterocycles. The summed E-state index contributed by atoms with van der Waals surface area (Å²) in [5, 5.41) is 0. The van der Waals surface area contributed by atoms with Crippen LogP contribution < -0.4 is 0 Å². The molecule has 0 saturated carbocycles. The summed E-state index contributed by atoms with van der Waals surface area (Å²) in [5.41, 5.74) is 0. The summed E-state index contributed by atoms with van der Waals surface area (Å²) in [4.78, 5) is 11.0. The van der Waals surface area contributed by atoms with Crippen LogP contribution in [0.5, 0.6) is 0 Å². The first-order valence-electron chi connectivity index (χ1n) is 3.92. The predicted molar refractivity (Wildman–Crippen MR) is 62.1 cm³/mol. The summed E-state index contributed by atoms with van der Waals surface area (Å²) >= 11 is 2.23. The fraction of sp³-hybridized carbons (Fsp3) is 0.625. The number of halogens is 1. The Morgan fingerprint density at radius 2 is 2.00 bits per heavy atom. The largest absolute Gasteiger partial charge is 0.463 e. The van der Waals surface area contributed by atoms with Gasteiger partial charge in [-0.1, -0.05) is 42.2 Å². The smallest absolute Gasteiger partial charge is 0.331 e. The van der Waals surface area contributed by atoms with Crippen LogP contribution in [0.3, 0.4) is 0 Å². The van der Waals surface area contributed by atoms with Gasteiger partial charge in [-0.3, -0.25) is 0 Å². The highest BCUT2D eigenvalue weighted by molar-refractivity contribution is 14.1. The topological polar surface area (TPSA) is 26.3 Å². The Bertz CT molecular complexity index is 194. The molecule has 0 amide bonds. The van der Waals surface area contributed by atoms with Crippen LogP contribution in [0.15, 0.2) is 9.28 Å². The molecule has 2 nitrogen and oxygen atoms in total. The first kappa shape index (κ1) is 12.2. The van der Waals surface area contributed by atoms with Crippen molar-refractivity contribution in [1.82, 2.24) is 0 Å². The van der Waals surface area contributed by atoms with E-state index in [0.717, 1.165) is 3.20 Å². The van der Waals surface area contributed by atoms with Crippen molar-refractivity contribution >= 4 is 36.6 Å². The number of ether oxygens (including phenoxy) is 1. The van der Waals surface area contributed by atoms with Gasteiger partial charge in [0, 0.05) is 6.08 Å². The Balaban J connectivity index is 4.26. The second-order valence-electron chi connectivity index (χ2n) is 3.49. The van der Waals surface area contributed by atoms with Crippen LogP contribution in [0.2, 0.25) is 19.6 Å². The fourth-order valence-corrected chi connectivity index (χ4v) is 1.31. The Morgan fingerprint density at radius 1 is 1.50 bits per heavy atom. The normalized spacial score (nSPS) is 12.9. The molecule has 0 rings (SSSR count). The summed E-state index contributed by atoms with van der Waals surface area (Å²) in [5.74, 6) is -0.218. The molecule has 0 aliphatic carbocycles. The first-order chi connectivity index (χ1) is 5.38. The van der Waals surface area contributed by atoms with Gasteiger partial charge in [-0.2, -0.15) is 0 Å². The number of carbonyl (C=O) groups excluding carboxylic acids is 1. The Morgan fingerprint density at radius 3 is 2.33 bits per heavy atom. The molecule has 12 heavy (non-hydrogen) atoms. The predicted octanol–water partition coefficient (Wildman–Crippen LogP) is 2.75. The number of hydrogen-bond acceptors (Lipinski definition) is 2. The Kier molecular flexibility index (Phi) is 5.08. The molecule has 0 atom stereocenters. The fourth-order valence-electron chi connectivity index (χ4n) is 0.504. The van der Waals surface area contributed by atoms with Crippen LogP contribution in [0.4, 0.5) is 0 Å². The van der Waals surface area contributed by atoms with Gasteiger partial charge in [0.25, 0.3) is 0 Å². The van der Waals surface area contributed by atoms with Crippen LogP contribution in [0.1, 0.15) is 6.92 Å². The van der Waals surface area contributed by atoms with Gasteiger partial charge >= 0.3 is 5.97 Å². The van der Waals surface area contributed by atoms with Crippen LogP contribution in [0.25, 0.3) is 0 Å². The molecule has 0 spiro atoms. The lowest BCUT2D eigenvalue weighted by molar-refractivity contribution is -0.137. The molecular formula is C8H15IO2Si. The Labute approximate surface area is 88.5 Å². The molecular weight excluding hydrogens is 283 g/mol. The maximum atomic E-state index is 11.0. The summed E-state index contributed by atoms with van der Waals surface area (Å²) in [6, 6.07) is 0. The summed E-state index contributed by atoms with van der Waals surface area (Å²) in [6.07, 6.45) is 1.61. The number of rotatable bonds is 3. The van der Waals surface area contributed by atoms with E-state index in [4.69, 9.17) is 4.74 Å². The molecule has 0 saturated heterocycles. The second kappa shape index (κ2) is 5.01. The van der Waals surface area contributed by atoms with Crippen molar-refractivity contribution in [2.75, 3.05) is 6.61 Å². The molecule has 0 aliphatic heterocycles. The van der Waals surface area contributed by atoms with E-state index in [-0.39, 0.29) is 5.97 Å². The van der Waals surface area contributed by atoms with E-state index in [1.54, 1.807) is 6.08 Å². The zero-order chi connectivity index (χ0) is 9.78. The monoisotopic (exact) mass is 298 g/mol. The molecule has 0 N–H and O–H groups in total.